The van der Waals surface area contributed by atoms with E-state index in [1.54, 1.807) is 0 Å². The van der Waals surface area contributed by atoms with E-state index in [1.165, 1.54) is 169 Å². The number of benzene rings is 23. The SMILES string of the molecule is CC(C)(C)c1cc(-c2cc3ccccc3c3ccccc23)c(N2c3cc(-n4c5ccc(-c6ccccc6)cc5c5cc(C(C)(C)C)ccc54)ccc3B3c4ccc(-n5c6ccc(-c7ccccc7)cc6c6cc(C(C)(C)C)ccc65)cc4N(c4c(-c5cc6ccccc6c6ccccc56)cccc4-c4cc5ccccc5c5ccccc45)c4cc(C(C)(C)C)cc2c43)c(-c2cc3ccccc3c3ccccc23)c1. The van der Waals surface area contributed by atoms with Gasteiger partial charge in [0.05, 0.1) is 33.4 Å². The predicted molar refractivity (Wildman–Crippen MR) is 617 cm³/mol. The van der Waals surface area contributed by atoms with Crippen molar-refractivity contribution in [3.05, 3.63) is 453 Å². The molecule has 0 amide bonds. The van der Waals surface area contributed by atoms with E-state index in [9.17, 15) is 0 Å². The van der Waals surface area contributed by atoms with Gasteiger partial charge in [0.2, 0.25) is 0 Å². The smallest absolute Gasteiger partial charge is 0.252 e. The average molecular weight is 1830 g/mol. The molecule has 0 spiro atoms. The Kier molecular flexibility index (Phi) is 19.1. The zero-order valence-electron chi connectivity index (χ0n) is 82.9. The highest BCUT2D eigenvalue weighted by Crippen LogP contribution is 2.59. The van der Waals surface area contributed by atoms with Crippen LogP contribution in [0.2, 0.25) is 0 Å². The fraction of sp³-hybridized carbons (Fsp3) is 0.116. The van der Waals surface area contributed by atoms with Gasteiger partial charge in [-0.2, -0.15) is 0 Å². The van der Waals surface area contributed by atoms with Gasteiger partial charge >= 0.3 is 0 Å². The molecule has 0 bridgehead atoms. The lowest BCUT2D eigenvalue weighted by Gasteiger charge is -2.47. The number of nitrogens with zero attached hydrogens (tertiary/aromatic N) is 4. The highest BCUT2D eigenvalue weighted by molar-refractivity contribution is 7.00. The summed E-state index contributed by atoms with van der Waals surface area (Å²) < 4.78 is 5.19. The fourth-order valence-corrected chi connectivity index (χ4v) is 24.4. The van der Waals surface area contributed by atoms with Crippen molar-refractivity contribution < 1.29 is 0 Å². The molecule has 2 aliphatic rings. The molecule has 0 saturated heterocycles. The lowest BCUT2D eigenvalue weighted by atomic mass is 9.33. The Hall–Kier alpha value is -16.6. The van der Waals surface area contributed by atoms with Crippen LogP contribution in [0.1, 0.15) is 105 Å². The van der Waals surface area contributed by atoms with Crippen molar-refractivity contribution >= 4 is 187 Å². The summed E-state index contributed by atoms with van der Waals surface area (Å²) in [6, 6.07) is 167. The van der Waals surface area contributed by atoms with E-state index in [4.69, 9.17) is 0 Å². The second-order valence-electron chi connectivity index (χ2n) is 44.2. The molecule has 4 heterocycles. The van der Waals surface area contributed by atoms with Crippen LogP contribution in [-0.4, -0.2) is 15.8 Å². The summed E-state index contributed by atoms with van der Waals surface area (Å²) >= 11 is 0. The van der Waals surface area contributed by atoms with Crippen LogP contribution < -0.4 is 26.2 Å². The van der Waals surface area contributed by atoms with Crippen molar-refractivity contribution in [2.75, 3.05) is 9.80 Å². The van der Waals surface area contributed by atoms with Crippen molar-refractivity contribution in [1.82, 2.24) is 9.13 Å². The summed E-state index contributed by atoms with van der Waals surface area (Å²) in [5.41, 5.74) is 34.8. The van der Waals surface area contributed by atoms with Crippen molar-refractivity contribution in [3.8, 4) is 78.1 Å². The Labute approximate surface area is 835 Å². The third-order valence-corrected chi connectivity index (χ3v) is 31.6. The van der Waals surface area contributed by atoms with Crippen LogP contribution in [0.4, 0.5) is 34.1 Å². The van der Waals surface area contributed by atoms with Crippen LogP contribution in [0.3, 0.4) is 0 Å². The second-order valence-corrected chi connectivity index (χ2v) is 44.2. The summed E-state index contributed by atoms with van der Waals surface area (Å²) in [6.45, 7) is 28.3. The van der Waals surface area contributed by atoms with Crippen molar-refractivity contribution in [2.24, 2.45) is 0 Å². The third kappa shape index (κ3) is 13.6. The first-order valence-corrected chi connectivity index (χ1v) is 50.8. The van der Waals surface area contributed by atoms with Crippen LogP contribution in [0.25, 0.3) is 208 Å². The molecule has 0 saturated carbocycles. The normalized spacial score (nSPS) is 13.0. The molecule has 2 aromatic heterocycles. The minimum absolute atomic E-state index is 0.130. The first-order chi connectivity index (χ1) is 69.5. The first-order valence-electron chi connectivity index (χ1n) is 50.8. The molecule has 4 nitrogen and oxygen atoms in total. The van der Waals surface area contributed by atoms with E-state index >= 15 is 0 Å². The average Bonchev–Trinajstić information content (AvgIpc) is 0.850. The van der Waals surface area contributed by atoms with E-state index in [1.807, 2.05) is 0 Å². The summed E-state index contributed by atoms with van der Waals surface area (Å²) in [7, 11) is 0. The maximum atomic E-state index is 2.85. The number of para-hydroxylation sites is 1. The molecule has 25 aromatic rings. The Morgan fingerprint density at radius 1 is 0.175 bits per heavy atom. The Bertz CT molecular complexity index is 9440. The molecule has 27 rings (SSSR count). The lowest BCUT2D eigenvalue weighted by Crippen LogP contribution is -2.61. The van der Waals surface area contributed by atoms with E-state index in [-0.39, 0.29) is 23.0 Å². The Morgan fingerprint density at radius 2 is 0.462 bits per heavy atom. The molecular formula is C138H107BN4. The number of fused-ring (bicyclic) bond motifs is 22. The van der Waals surface area contributed by atoms with Gasteiger partial charge in [0.25, 0.3) is 6.71 Å². The maximum Gasteiger partial charge on any atom is 0.252 e. The van der Waals surface area contributed by atoms with Crippen LogP contribution in [-0.2, 0) is 21.7 Å². The molecule has 23 aromatic carbocycles. The zero-order valence-corrected chi connectivity index (χ0v) is 82.9. The quantitative estimate of drug-likeness (QED) is 0.100. The minimum Gasteiger partial charge on any atom is -0.310 e. The van der Waals surface area contributed by atoms with Gasteiger partial charge in [-0.3, -0.25) is 0 Å². The monoisotopic (exact) mass is 1830 g/mol. The summed E-state index contributed by atoms with van der Waals surface area (Å²) in [5.74, 6) is 0. The van der Waals surface area contributed by atoms with E-state index in [0.717, 1.165) is 112 Å². The summed E-state index contributed by atoms with van der Waals surface area (Å²) in [6.07, 6.45) is 0. The fourth-order valence-electron chi connectivity index (χ4n) is 24.4. The number of hydrogen-bond acceptors (Lipinski definition) is 2. The van der Waals surface area contributed by atoms with Gasteiger partial charge in [0, 0.05) is 77.9 Å². The Morgan fingerprint density at radius 3 is 0.804 bits per heavy atom. The topological polar surface area (TPSA) is 16.3 Å². The summed E-state index contributed by atoms with van der Waals surface area (Å²) in [4.78, 5) is 5.67. The van der Waals surface area contributed by atoms with E-state index < -0.39 is 5.41 Å². The standard InChI is InChI=1S/C138H107BN4/c1-135(2,3)92-60-68-126-118(76-92)116-70-86(84-36-15-13-16-37-84)58-66-124(116)140(126)96-62-64-122-128(82-96)142(133-110(112-72-88-40-19-23-44-98(88)102-48-27-31-52-106(102)112)56-35-57-111(133)113-73-89-41-20-24-45-99(89)103-49-28-32-53-107(103)113)130-80-95(138(10,11)12)81-131-132(130)139(122)123-65-63-97(141-125-67-59-87(85-38-17-14-18-39-85)71-117(125)119-77-93(136(4,5)6)61-69-127(119)141)83-129(123)143(131)134-120(114-74-90-42-21-25-46-100(90)104-50-29-33-54-108(104)114)78-94(137(7,8)9)79-121(134)115-75-91-43-22-26-47-101(91)105-51-30-34-55-109(105)115/h13-83H,1-12H3. The maximum absolute atomic E-state index is 2.85. The molecule has 0 radical (unpaired) electrons. The minimum atomic E-state index is -0.472. The molecule has 5 heteroatoms. The van der Waals surface area contributed by atoms with E-state index in [2.05, 4.69) is 533 Å². The highest BCUT2D eigenvalue weighted by Gasteiger charge is 2.47. The molecule has 0 atom stereocenters. The van der Waals surface area contributed by atoms with Crippen LogP contribution in [0.15, 0.2) is 431 Å². The van der Waals surface area contributed by atoms with Gasteiger partial charge in [-0.05, 0) is 312 Å². The van der Waals surface area contributed by atoms with Crippen LogP contribution >= 0.6 is 0 Å². The lowest BCUT2D eigenvalue weighted by molar-refractivity contribution is 0.590. The largest absolute Gasteiger partial charge is 0.310 e. The molecular weight excluding hydrogens is 1720 g/mol. The number of aromatic nitrogens is 2. The van der Waals surface area contributed by atoms with E-state index in [0.29, 0.717) is 0 Å². The van der Waals surface area contributed by atoms with Gasteiger partial charge in [-0.25, -0.2) is 0 Å². The number of hydrogen-bond donors (Lipinski definition) is 0. The van der Waals surface area contributed by atoms with Crippen LogP contribution in [0, 0.1) is 0 Å². The summed E-state index contributed by atoms with van der Waals surface area (Å²) in [5, 5.41) is 24.1. The first kappa shape index (κ1) is 85.6. The number of rotatable bonds is 10. The molecule has 0 N–H and O–H groups in total. The van der Waals surface area contributed by atoms with Gasteiger partial charge in [0.15, 0.2) is 0 Å². The van der Waals surface area contributed by atoms with Crippen LogP contribution in [0.5, 0.6) is 0 Å². The Balaban J connectivity index is 0.849. The highest BCUT2D eigenvalue weighted by atomic mass is 15.2. The van der Waals surface area contributed by atoms with Crippen molar-refractivity contribution in [1.29, 1.82) is 0 Å². The number of anilines is 6. The van der Waals surface area contributed by atoms with Gasteiger partial charge in [-0.15, -0.1) is 0 Å². The molecule has 0 unspecified atom stereocenters. The van der Waals surface area contributed by atoms with Gasteiger partial charge in [-0.1, -0.05) is 392 Å². The van der Waals surface area contributed by atoms with Crippen molar-refractivity contribution in [2.45, 2.75) is 105 Å². The van der Waals surface area contributed by atoms with Gasteiger partial charge < -0.3 is 18.9 Å². The predicted octanol–water partition coefficient (Wildman–Crippen LogP) is 36.4. The molecule has 0 fully saturated rings. The molecule has 682 valence electrons. The third-order valence-electron chi connectivity index (χ3n) is 31.6. The zero-order chi connectivity index (χ0) is 96.5. The molecule has 143 heavy (non-hydrogen) atoms. The van der Waals surface area contributed by atoms with Gasteiger partial charge in [0.1, 0.15) is 0 Å². The molecule has 2 aliphatic heterocycles. The van der Waals surface area contributed by atoms with Crippen molar-refractivity contribution in [3.63, 3.8) is 0 Å². The molecule has 0 aliphatic carbocycles. The second kappa shape index (κ2) is 32.0.